The van der Waals surface area contributed by atoms with Crippen molar-refractivity contribution >= 4 is 11.6 Å². The topological polar surface area (TPSA) is 38.3 Å². The molecule has 0 saturated carbocycles. The zero-order valence-electron chi connectivity index (χ0n) is 9.83. The van der Waals surface area contributed by atoms with E-state index in [1.165, 1.54) is 12.1 Å². The molecule has 4 heteroatoms. The number of aryl methyl sites for hydroxylation is 1. The maximum absolute atomic E-state index is 13.1. The fourth-order valence-electron chi connectivity index (χ4n) is 2.03. The highest BCUT2D eigenvalue weighted by atomic mass is 19.1. The molecule has 0 aromatic heterocycles. The van der Waals surface area contributed by atoms with E-state index < -0.39 is 0 Å². The van der Waals surface area contributed by atoms with Gasteiger partial charge in [0.15, 0.2) is 0 Å². The van der Waals surface area contributed by atoms with Gasteiger partial charge in [0.05, 0.1) is 12.5 Å². The molecule has 3 nitrogen and oxygen atoms in total. The number of ether oxygens (including phenoxy) is 1. The van der Waals surface area contributed by atoms with Crippen molar-refractivity contribution in [3.8, 4) is 0 Å². The van der Waals surface area contributed by atoms with E-state index in [9.17, 15) is 9.18 Å². The van der Waals surface area contributed by atoms with Crippen molar-refractivity contribution in [2.75, 3.05) is 11.9 Å². The van der Waals surface area contributed by atoms with Gasteiger partial charge >= 0.3 is 0 Å². The maximum atomic E-state index is 13.1. The summed E-state index contributed by atoms with van der Waals surface area (Å²) < 4.78 is 18.5. The molecule has 0 aliphatic carbocycles. The van der Waals surface area contributed by atoms with E-state index in [1.807, 2.05) is 0 Å². The van der Waals surface area contributed by atoms with E-state index in [1.54, 1.807) is 13.0 Å². The number of amides is 1. The molecule has 0 radical (unpaired) electrons. The maximum Gasteiger partial charge on any atom is 0.226 e. The lowest BCUT2D eigenvalue weighted by molar-refractivity contribution is -0.118. The largest absolute Gasteiger partial charge is 0.378 e. The highest BCUT2D eigenvalue weighted by Gasteiger charge is 2.19. The first-order valence-electron chi connectivity index (χ1n) is 5.82. The van der Waals surface area contributed by atoms with Crippen LogP contribution in [0.3, 0.4) is 0 Å². The number of carbonyl (C=O) groups is 1. The van der Waals surface area contributed by atoms with Crippen LogP contribution < -0.4 is 5.32 Å². The molecule has 1 atom stereocenters. The van der Waals surface area contributed by atoms with Crippen LogP contribution in [0.1, 0.15) is 24.8 Å². The van der Waals surface area contributed by atoms with Crippen molar-refractivity contribution in [3.63, 3.8) is 0 Å². The lowest BCUT2D eigenvalue weighted by atomic mass is 10.1. The third-order valence-corrected chi connectivity index (χ3v) is 2.76. The summed E-state index contributed by atoms with van der Waals surface area (Å²) in [4.78, 5) is 11.7. The Bertz CT molecular complexity index is 394. The summed E-state index contributed by atoms with van der Waals surface area (Å²) in [5, 5.41) is 2.69. The number of carbonyl (C=O) groups excluding carboxylic acids is 1. The average Bonchev–Trinajstić information content (AvgIpc) is 2.67. The first-order chi connectivity index (χ1) is 8.13. The van der Waals surface area contributed by atoms with E-state index in [0.717, 1.165) is 25.0 Å². The first kappa shape index (κ1) is 12.0. The van der Waals surface area contributed by atoms with E-state index in [0.29, 0.717) is 12.1 Å². The van der Waals surface area contributed by atoms with Crippen molar-refractivity contribution in [1.29, 1.82) is 0 Å². The number of halogens is 1. The number of benzene rings is 1. The van der Waals surface area contributed by atoms with Crippen molar-refractivity contribution in [2.45, 2.75) is 32.3 Å². The Labute approximate surface area is 100.0 Å². The zero-order chi connectivity index (χ0) is 12.3. The van der Waals surface area contributed by atoms with Crippen LogP contribution in [0.4, 0.5) is 10.1 Å². The second-order valence-electron chi connectivity index (χ2n) is 4.40. The van der Waals surface area contributed by atoms with Gasteiger partial charge in [-0.25, -0.2) is 4.39 Å². The Morgan fingerprint density at radius 1 is 1.53 bits per heavy atom. The summed E-state index contributed by atoms with van der Waals surface area (Å²) in [5.41, 5.74) is 1.29. The Balaban J connectivity index is 1.92. The number of anilines is 1. The molecule has 1 unspecified atom stereocenters. The van der Waals surface area contributed by atoms with Crippen LogP contribution in [-0.2, 0) is 9.53 Å². The van der Waals surface area contributed by atoms with E-state index in [4.69, 9.17) is 4.74 Å². The highest BCUT2D eigenvalue weighted by molar-refractivity contribution is 5.91. The van der Waals surface area contributed by atoms with E-state index in [-0.39, 0.29) is 17.8 Å². The van der Waals surface area contributed by atoms with Gasteiger partial charge in [-0.05, 0) is 43.5 Å². The molecule has 1 aliphatic heterocycles. The molecule has 92 valence electrons. The van der Waals surface area contributed by atoms with Crippen molar-refractivity contribution in [1.82, 2.24) is 0 Å². The van der Waals surface area contributed by atoms with Gasteiger partial charge < -0.3 is 10.1 Å². The third kappa shape index (κ3) is 3.53. The summed E-state index contributed by atoms with van der Waals surface area (Å²) in [6, 6.07) is 4.49. The molecule has 1 heterocycles. The quantitative estimate of drug-likeness (QED) is 0.877. The summed E-state index contributed by atoms with van der Waals surface area (Å²) in [7, 11) is 0. The molecule has 1 saturated heterocycles. The molecule has 1 N–H and O–H groups in total. The van der Waals surface area contributed by atoms with Crippen LogP contribution in [0.5, 0.6) is 0 Å². The first-order valence-corrected chi connectivity index (χ1v) is 5.82. The monoisotopic (exact) mass is 237 g/mol. The predicted molar refractivity (Wildman–Crippen MR) is 63.4 cm³/mol. The average molecular weight is 237 g/mol. The minimum atomic E-state index is -0.336. The van der Waals surface area contributed by atoms with Gasteiger partial charge in [0.25, 0.3) is 0 Å². The van der Waals surface area contributed by atoms with Crippen LogP contribution >= 0.6 is 0 Å². The molecule has 0 bridgehead atoms. The Kier molecular flexibility index (Phi) is 3.74. The minimum absolute atomic E-state index is 0.0182. The predicted octanol–water partition coefficient (Wildman–Crippen LogP) is 2.64. The lowest BCUT2D eigenvalue weighted by Crippen LogP contribution is -2.19. The van der Waals surface area contributed by atoms with Crippen LogP contribution in [0.15, 0.2) is 18.2 Å². The van der Waals surface area contributed by atoms with Gasteiger partial charge in [-0.3, -0.25) is 4.79 Å². The Morgan fingerprint density at radius 2 is 2.35 bits per heavy atom. The van der Waals surface area contributed by atoms with Gasteiger partial charge in [0.2, 0.25) is 5.91 Å². The zero-order valence-corrected chi connectivity index (χ0v) is 9.83. The molecule has 1 aliphatic rings. The van der Waals surface area contributed by atoms with Crippen LogP contribution in [0.25, 0.3) is 0 Å². The molecule has 1 aromatic rings. The molecular weight excluding hydrogens is 221 g/mol. The normalized spacial score (nSPS) is 19.3. The molecule has 17 heavy (non-hydrogen) atoms. The van der Waals surface area contributed by atoms with Gasteiger partial charge in [0, 0.05) is 12.3 Å². The van der Waals surface area contributed by atoms with Crippen molar-refractivity contribution in [2.24, 2.45) is 0 Å². The van der Waals surface area contributed by atoms with E-state index in [2.05, 4.69) is 5.32 Å². The minimum Gasteiger partial charge on any atom is -0.378 e. The lowest BCUT2D eigenvalue weighted by Gasteiger charge is -2.10. The highest BCUT2D eigenvalue weighted by Crippen LogP contribution is 2.17. The second-order valence-corrected chi connectivity index (χ2v) is 4.40. The molecule has 1 amide bonds. The van der Waals surface area contributed by atoms with E-state index >= 15 is 0 Å². The fraction of sp³-hybridized carbons (Fsp3) is 0.462. The number of nitrogens with one attached hydrogen (secondary N) is 1. The fourth-order valence-corrected chi connectivity index (χ4v) is 2.03. The second kappa shape index (κ2) is 5.27. The van der Waals surface area contributed by atoms with Gasteiger partial charge in [-0.15, -0.1) is 0 Å². The molecule has 0 spiro atoms. The van der Waals surface area contributed by atoms with Gasteiger partial charge in [-0.2, -0.15) is 0 Å². The van der Waals surface area contributed by atoms with Crippen molar-refractivity contribution < 1.29 is 13.9 Å². The standard InChI is InChI=1S/C13H16FNO2/c1-9-5-10(14)7-11(6-9)15-13(16)8-12-3-2-4-17-12/h5-7,12H,2-4,8H2,1H3,(H,15,16). The molecule has 1 fully saturated rings. The Hall–Kier alpha value is -1.42. The summed E-state index contributed by atoms with van der Waals surface area (Å²) in [6.45, 7) is 2.52. The Morgan fingerprint density at radius 3 is 3.00 bits per heavy atom. The van der Waals surface area contributed by atoms with Crippen LogP contribution in [-0.4, -0.2) is 18.6 Å². The van der Waals surface area contributed by atoms with Crippen molar-refractivity contribution in [3.05, 3.63) is 29.6 Å². The summed E-state index contributed by atoms with van der Waals surface area (Å²) >= 11 is 0. The number of hydrogen-bond acceptors (Lipinski definition) is 2. The smallest absolute Gasteiger partial charge is 0.226 e. The summed E-state index contributed by atoms with van der Waals surface area (Å²) in [6.07, 6.45) is 2.30. The van der Waals surface area contributed by atoms with Gasteiger partial charge in [0.1, 0.15) is 5.82 Å². The van der Waals surface area contributed by atoms with Crippen LogP contribution in [0, 0.1) is 12.7 Å². The third-order valence-electron chi connectivity index (χ3n) is 2.76. The van der Waals surface area contributed by atoms with Gasteiger partial charge in [-0.1, -0.05) is 0 Å². The molecular formula is C13H16FNO2. The SMILES string of the molecule is Cc1cc(F)cc(NC(=O)CC2CCCO2)c1. The molecule has 1 aromatic carbocycles. The molecule has 2 rings (SSSR count). The number of rotatable bonds is 3. The van der Waals surface area contributed by atoms with Crippen LogP contribution in [0.2, 0.25) is 0 Å². The summed E-state index contributed by atoms with van der Waals surface area (Å²) in [5.74, 6) is -0.459. The number of hydrogen-bond donors (Lipinski definition) is 1.